The lowest BCUT2D eigenvalue weighted by atomic mass is 10.4. The van der Waals surface area contributed by atoms with Crippen molar-refractivity contribution in [3.63, 3.8) is 0 Å². The summed E-state index contributed by atoms with van der Waals surface area (Å²) in [6, 6.07) is 1.23. The Hall–Kier alpha value is -0.570. The average Bonchev–Trinajstić information content (AvgIpc) is 2.79. The molecule has 0 saturated carbocycles. The van der Waals surface area contributed by atoms with Crippen molar-refractivity contribution in [1.29, 1.82) is 0 Å². The second-order valence-corrected chi connectivity index (χ2v) is 8.39. The smallest absolute Gasteiger partial charge is 0.345 e. The van der Waals surface area contributed by atoms with Crippen LogP contribution in [0.15, 0.2) is 16.3 Å². The average molecular weight is 307 g/mol. The lowest BCUT2D eigenvalue weighted by Gasteiger charge is -2.29. The lowest BCUT2D eigenvalue weighted by molar-refractivity contribution is 0.0702. The minimum atomic E-state index is -3.54. The highest BCUT2D eigenvalue weighted by atomic mass is 32.2. The summed E-state index contributed by atoms with van der Waals surface area (Å²) in [4.78, 5) is 10.9. The van der Waals surface area contributed by atoms with Crippen LogP contribution in [0, 0.1) is 0 Å². The van der Waals surface area contributed by atoms with Gasteiger partial charge in [0.2, 0.25) is 10.0 Å². The normalized spacial score (nSPS) is 21.9. The summed E-state index contributed by atoms with van der Waals surface area (Å²) in [5.41, 5.74) is 0. The van der Waals surface area contributed by atoms with Gasteiger partial charge in [0, 0.05) is 29.5 Å². The molecule has 1 N–H and O–H groups in total. The Morgan fingerprint density at radius 1 is 1.56 bits per heavy atom. The molecule has 1 atom stereocenters. The predicted molar refractivity (Wildman–Crippen MR) is 72.0 cm³/mol. The second-order valence-electron chi connectivity index (χ2n) is 4.00. The summed E-state index contributed by atoms with van der Waals surface area (Å²) in [6.45, 7) is 2.95. The van der Waals surface area contributed by atoms with Crippen LogP contribution >= 0.6 is 23.1 Å². The number of nitrogens with zero attached hydrogens (tertiary/aromatic N) is 1. The Labute approximate surface area is 114 Å². The van der Waals surface area contributed by atoms with Crippen molar-refractivity contribution in [2.45, 2.75) is 17.1 Å². The van der Waals surface area contributed by atoms with Gasteiger partial charge in [0.1, 0.15) is 4.88 Å². The van der Waals surface area contributed by atoms with Gasteiger partial charge in [-0.1, -0.05) is 6.92 Å². The van der Waals surface area contributed by atoms with Crippen molar-refractivity contribution in [2.24, 2.45) is 0 Å². The summed E-state index contributed by atoms with van der Waals surface area (Å²) in [5.74, 6) is -0.319. The maximum absolute atomic E-state index is 12.3. The summed E-state index contributed by atoms with van der Waals surface area (Å²) in [6.07, 6.45) is 0. The van der Waals surface area contributed by atoms with Crippen molar-refractivity contribution < 1.29 is 18.3 Å². The van der Waals surface area contributed by atoms with E-state index in [0.29, 0.717) is 13.1 Å². The van der Waals surface area contributed by atoms with Crippen LogP contribution in [0.4, 0.5) is 0 Å². The number of rotatable bonds is 3. The van der Waals surface area contributed by atoms with Crippen LogP contribution in [0.5, 0.6) is 0 Å². The quantitative estimate of drug-likeness (QED) is 0.917. The van der Waals surface area contributed by atoms with Gasteiger partial charge in [-0.15, -0.1) is 11.3 Å². The molecule has 100 valence electrons. The molecule has 2 heterocycles. The Morgan fingerprint density at radius 2 is 2.28 bits per heavy atom. The molecule has 0 amide bonds. The molecular formula is C10H13NO4S3. The zero-order chi connectivity index (χ0) is 13.3. The molecule has 2 rings (SSSR count). The van der Waals surface area contributed by atoms with E-state index in [0.717, 1.165) is 17.1 Å². The second kappa shape index (κ2) is 5.20. The molecule has 1 fully saturated rings. The number of aromatic carboxylic acids is 1. The monoisotopic (exact) mass is 307 g/mol. The highest BCUT2D eigenvalue weighted by Crippen LogP contribution is 2.27. The van der Waals surface area contributed by atoms with E-state index in [-0.39, 0.29) is 15.0 Å². The summed E-state index contributed by atoms with van der Waals surface area (Å²) in [7, 11) is -3.54. The molecule has 1 aliphatic rings. The third-order valence-electron chi connectivity index (χ3n) is 2.63. The van der Waals surface area contributed by atoms with Gasteiger partial charge < -0.3 is 5.11 Å². The molecular weight excluding hydrogens is 294 g/mol. The highest BCUT2D eigenvalue weighted by Gasteiger charge is 2.30. The first kappa shape index (κ1) is 13.9. The summed E-state index contributed by atoms with van der Waals surface area (Å²) >= 11 is 2.68. The van der Waals surface area contributed by atoms with Crippen LogP contribution in [-0.4, -0.2) is 47.9 Å². The molecule has 1 aromatic heterocycles. The minimum absolute atomic E-state index is 0.0491. The SMILES string of the molecule is CC1CN(S(=O)(=O)c2csc(C(=O)O)c2)CCS1. The number of hydrogen-bond acceptors (Lipinski definition) is 5. The van der Waals surface area contributed by atoms with Crippen LogP contribution in [-0.2, 0) is 10.0 Å². The van der Waals surface area contributed by atoms with E-state index in [1.165, 1.54) is 15.8 Å². The molecule has 0 aromatic carbocycles. The first-order valence-corrected chi connectivity index (χ1v) is 8.71. The minimum Gasteiger partial charge on any atom is -0.477 e. The van der Waals surface area contributed by atoms with Gasteiger partial charge >= 0.3 is 5.97 Å². The first-order chi connectivity index (χ1) is 8.41. The Bertz CT molecular complexity index is 551. The topological polar surface area (TPSA) is 74.7 Å². The van der Waals surface area contributed by atoms with Gasteiger partial charge in [-0.3, -0.25) is 0 Å². The van der Waals surface area contributed by atoms with Gasteiger partial charge in [-0.05, 0) is 6.07 Å². The molecule has 18 heavy (non-hydrogen) atoms. The molecule has 0 spiro atoms. The van der Waals surface area contributed by atoms with Crippen LogP contribution in [0.2, 0.25) is 0 Å². The van der Waals surface area contributed by atoms with Crippen LogP contribution in [0.25, 0.3) is 0 Å². The fraction of sp³-hybridized carbons (Fsp3) is 0.500. The van der Waals surface area contributed by atoms with E-state index in [1.807, 2.05) is 6.92 Å². The van der Waals surface area contributed by atoms with Gasteiger partial charge in [0.05, 0.1) is 4.90 Å². The van der Waals surface area contributed by atoms with Gasteiger partial charge in [0.25, 0.3) is 0 Å². The molecule has 1 unspecified atom stereocenters. The molecule has 0 bridgehead atoms. The maximum atomic E-state index is 12.3. The predicted octanol–water partition coefficient (Wildman–Crippen LogP) is 1.57. The van der Waals surface area contributed by atoms with Crippen LogP contribution < -0.4 is 0 Å². The third-order valence-corrected chi connectivity index (χ3v) is 6.67. The van der Waals surface area contributed by atoms with E-state index in [2.05, 4.69) is 0 Å². The van der Waals surface area contributed by atoms with E-state index < -0.39 is 16.0 Å². The van der Waals surface area contributed by atoms with E-state index in [4.69, 9.17) is 5.11 Å². The van der Waals surface area contributed by atoms with Crippen molar-refractivity contribution in [3.8, 4) is 0 Å². The molecule has 1 saturated heterocycles. The van der Waals surface area contributed by atoms with E-state index in [9.17, 15) is 13.2 Å². The van der Waals surface area contributed by atoms with Gasteiger partial charge in [0.15, 0.2) is 0 Å². The summed E-state index contributed by atoms with van der Waals surface area (Å²) < 4.78 is 26.0. The van der Waals surface area contributed by atoms with Crippen LogP contribution in [0.3, 0.4) is 0 Å². The number of thiophene rings is 1. The van der Waals surface area contributed by atoms with Crippen molar-refractivity contribution in [3.05, 3.63) is 16.3 Å². The number of carboxylic acid groups (broad SMARTS) is 1. The Morgan fingerprint density at radius 3 is 2.83 bits per heavy atom. The molecule has 0 aliphatic carbocycles. The fourth-order valence-electron chi connectivity index (χ4n) is 1.72. The zero-order valence-electron chi connectivity index (χ0n) is 9.70. The van der Waals surface area contributed by atoms with Crippen molar-refractivity contribution in [1.82, 2.24) is 4.31 Å². The maximum Gasteiger partial charge on any atom is 0.345 e. The zero-order valence-corrected chi connectivity index (χ0v) is 12.1. The van der Waals surface area contributed by atoms with Gasteiger partial charge in [-0.25, -0.2) is 13.2 Å². The van der Waals surface area contributed by atoms with E-state index >= 15 is 0 Å². The standard InChI is InChI=1S/C10H13NO4S3/c1-7-5-11(2-3-16-7)18(14,15)8-4-9(10(12)13)17-6-8/h4,6-7H,2-3,5H2,1H3,(H,12,13). The first-order valence-electron chi connectivity index (χ1n) is 5.35. The van der Waals surface area contributed by atoms with Crippen molar-refractivity contribution in [2.75, 3.05) is 18.8 Å². The molecule has 0 radical (unpaired) electrons. The third kappa shape index (κ3) is 2.71. The van der Waals surface area contributed by atoms with Crippen LogP contribution in [0.1, 0.15) is 16.6 Å². The fourth-order valence-corrected chi connectivity index (χ4v) is 5.57. The highest BCUT2D eigenvalue weighted by molar-refractivity contribution is 8.00. The molecule has 5 nitrogen and oxygen atoms in total. The lowest BCUT2D eigenvalue weighted by Crippen LogP contribution is -2.40. The molecule has 1 aromatic rings. The number of thioether (sulfide) groups is 1. The number of hydrogen-bond donors (Lipinski definition) is 1. The molecule has 1 aliphatic heterocycles. The summed E-state index contributed by atoms with van der Waals surface area (Å²) in [5, 5.41) is 10.5. The van der Waals surface area contributed by atoms with Crippen molar-refractivity contribution >= 4 is 39.1 Å². The Balaban J connectivity index is 2.26. The largest absolute Gasteiger partial charge is 0.477 e. The van der Waals surface area contributed by atoms with Gasteiger partial charge in [-0.2, -0.15) is 16.1 Å². The number of carbonyl (C=O) groups is 1. The van der Waals surface area contributed by atoms with E-state index in [1.54, 1.807) is 11.8 Å². The number of sulfonamides is 1. The Kier molecular flexibility index (Phi) is 4.00. The number of carboxylic acids is 1. The molecule has 8 heteroatoms.